The van der Waals surface area contributed by atoms with Crippen molar-refractivity contribution in [2.45, 2.75) is 20.8 Å². The van der Waals surface area contributed by atoms with Crippen LogP contribution in [0.4, 0.5) is 5.69 Å². The van der Waals surface area contributed by atoms with Gasteiger partial charge in [0.25, 0.3) is 0 Å². The van der Waals surface area contributed by atoms with Crippen LogP contribution in [0, 0.1) is 13.8 Å². The molecule has 3 heteroatoms. The fraction of sp³-hybridized carbons (Fsp3) is 0.455. The molecule has 0 atom stereocenters. The highest BCUT2D eigenvalue weighted by molar-refractivity contribution is 5.56. The van der Waals surface area contributed by atoms with E-state index in [1.165, 1.54) is 5.06 Å². The molecule has 0 heterocycles. The molecule has 14 heavy (non-hydrogen) atoms. The fourth-order valence-corrected chi connectivity index (χ4v) is 1.51. The van der Waals surface area contributed by atoms with E-state index >= 15 is 0 Å². The summed E-state index contributed by atoms with van der Waals surface area (Å²) < 4.78 is 0. The Bertz CT molecular complexity index is 279. The lowest BCUT2D eigenvalue weighted by Gasteiger charge is -2.21. The van der Waals surface area contributed by atoms with E-state index in [-0.39, 0.29) is 0 Å². The van der Waals surface area contributed by atoms with E-state index < -0.39 is 0 Å². The molecule has 1 rings (SSSR count). The van der Waals surface area contributed by atoms with Crippen molar-refractivity contribution in [2.75, 3.05) is 18.3 Å². The predicted octanol–water partition coefficient (Wildman–Crippen LogP) is 2.07. The van der Waals surface area contributed by atoms with Gasteiger partial charge in [-0.3, -0.25) is 10.5 Å². The Kier molecular flexibility index (Phi) is 3.92. The number of para-hydroxylation sites is 1. The molecule has 2 N–H and O–H groups in total. The zero-order valence-electron chi connectivity index (χ0n) is 9.04. The lowest BCUT2D eigenvalue weighted by Crippen LogP contribution is -2.32. The van der Waals surface area contributed by atoms with Crippen LogP contribution < -0.4 is 10.4 Å². The minimum Gasteiger partial charge on any atom is -0.298 e. The van der Waals surface area contributed by atoms with E-state index in [0.29, 0.717) is 6.67 Å². The number of hydroxylamine groups is 1. The second kappa shape index (κ2) is 4.98. The number of aryl methyl sites for hydroxylation is 2. The third kappa shape index (κ3) is 2.47. The smallest absolute Gasteiger partial charge is 0.0948 e. The van der Waals surface area contributed by atoms with Crippen LogP contribution in [0.2, 0.25) is 0 Å². The van der Waals surface area contributed by atoms with Crippen molar-refractivity contribution >= 4 is 5.69 Å². The van der Waals surface area contributed by atoms with Crippen molar-refractivity contribution in [3.05, 3.63) is 29.3 Å². The molecule has 1 aromatic carbocycles. The number of nitrogens with one attached hydrogen (secondary N) is 1. The molecule has 0 spiro atoms. The van der Waals surface area contributed by atoms with Crippen LogP contribution >= 0.6 is 0 Å². The van der Waals surface area contributed by atoms with Crippen LogP contribution in [0.5, 0.6) is 0 Å². The Balaban J connectivity index is 2.82. The first-order valence-electron chi connectivity index (χ1n) is 4.90. The molecule has 0 amide bonds. The van der Waals surface area contributed by atoms with Crippen molar-refractivity contribution in [2.24, 2.45) is 0 Å². The van der Waals surface area contributed by atoms with Gasteiger partial charge in [-0.1, -0.05) is 25.1 Å². The standard InChI is InChI=1S/C11H18N2O/c1-4-12-8-13(14)11-9(2)6-5-7-10(11)3/h5-7,12,14H,4,8H2,1-3H3. The van der Waals surface area contributed by atoms with E-state index in [9.17, 15) is 5.21 Å². The summed E-state index contributed by atoms with van der Waals surface area (Å²) in [7, 11) is 0. The monoisotopic (exact) mass is 194 g/mol. The highest BCUT2D eigenvalue weighted by atomic mass is 16.5. The molecule has 78 valence electrons. The minimum absolute atomic E-state index is 0.461. The molecular weight excluding hydrogens is 176 g/mol. The molecule has 0 aliphatic rings. The SMILES string of the molecule is CCNCN(O)c1c(C)cccc1C. The van der Waals surface area contributed by atoms with Crippen LogP contribution in [0.1, 0.15) is 18.1 Å². The molecule has 0 radical (unpaired) electrons. The van der Waals surface area contributed by atoms with Gasteiger partial charge in [0.2, 0.25) is 0 Å². The molecule has 1 aromatic rings. The number of nitrogens with zero attached hydrogens (tertiary/aromatic N) is 1. The van der Waals surface area contributed by atoms with Gasteiger partial charge in [-0.2, -0.15) is 0 Å². The Morgan fingerprint density at radius 2 is 1.86 bits per heavy atom. The van der Waals surface area contributed by atoms with Gasteiger partial charge in [-0.15, -0.1) is 0 Å². The second-order valence-corrected chi connectivity index (χ2v) is 3.40. The Morgan fingerprint density at radius 1 is 1.29 bits per heavy atom. The van der Waals surface area contributed by atoms with Crippen molar-refractivity contribution in [1.82, 2.24) is 5.32 Å². The van der Waals surface area contributed by atoms with Gasteiger partial charge in [0.05, 0.1) is 12.4 Å². The average molecular weight is 194 g/mol. The first kappa shape index (κ1) is 11.0. The maximum Gasteiger partial charge on any atom is 0.0948 e. The van der Waals surface area contributed by atoms with E-state index in [2.05, 4.69) is 5.32 Å². The van der Waals surface area contributed by atoms with Gasteiger partial charge in [0.15, 0.2) is 0 Å². The number of rotatable bonds is 4. The zero-order valence-corrected chi connectivity index (χ0v) is 9.04. The molecule has 0 aliphatic carbocycles. The van der Waals surface area contributed by atoms with Crippen molar-refractivity contribution in [1.29, 1.82) is 0 Å². The quantitative estimate of drug-likeness (QED) is 0.569. The Hall–Kier alpha value is -1.06. The molecule has 0 aliphatic heterocycles. The van der Waals surface area contributed by atoms with Gasteiger partial charge in [0.1, 0.15) is 0 Å². The van der Waals surface area contributed by atoms with Crippen molar-refractivity contribution in [3.8, 4) is 0 Å². The van der Waals surface area contributed by atoms with E-state index in [1.54, 1.807) is 0 Å². The van der Waals surface area contributed by atoms with Crippen LogP contribution in [0.15, 0.2) is 18.2 Å². The lowest BCUT2D eigenvalue weighted by atomic mass is 10.1. The molecule has 3 nitrogen and oxygen atoms in total. The van der Waals surface area contributed by atoms with Gasteiger partial charge < -0.3 is 0 Å². The normalized spacial score (nSPS) is 10.3. The molecule has 0 saturated heterocycles. The molecule has 0 aromatic heterocycles. The highest BCUT2D eigenvalue weighted by Gasteiger charge is 2.07. The largest absolute Gasteiger partial charge is 0.298 e. The summed E-state index contributed by atoms with van der Waals surface area (Å²) >= 11 is 0. The first-order valence-corrected chi connectivity index (χ1v) is 4.90. The number of benzene rings is 1. The van der Waals surface area contributed by atoms with Gasteiger partial charge in [-0.25, -0.2) is 5.06 Å². The van der Waals surface area contributed by atoms with Crippen LogP contribution in [0.25, 0.3) is 0 Å². The minimum atomic E-state index is 0.461. The topological polar surface area (TPSA) is 35.5 Å². The lowest BCUT2D eigenvalue weighted by molar-refractivity contribution is 0.244. The third-order valence-electron chi connectivity index (χ3n) is 2.21. The summed E-state index contributed by atoms with van der Waals surface area (Å²) in [5.74, 6) is 0. The summed E-state index contributed by atoms with van der Waals surface area (Å²) in [6.45, 7) is 7.32. The second-order valence-electron chi connectivity index (χ2n) is 3.40. The molecule has 0 unspecified atom stereocenters. The van der Waals surface area contributed by atoms with E-state index in [4.69, 9.17) is 0 Å². The Labute approximate surface area is 85.3 Å². The number of hydrogen-bond acceptors (Lipinski definition) is 3. The first-order chi connectivity index (χ1) is 6.66. The number of hydrogen-bond donors (Lipinski definition) is 2. The van der Waals surface area contributed by atoms with Gasteiger partial charge >= 0.3 is 0 Å². The highest BCUT2D eigenvalue weighted by Crippen LogP contribution is 2.22. The van der Waals surface area contributed by atoms with Crippen molar-refractivity contribution in [3.63, 3.8) is 0 Å². The van der Waals surface area contributed by atoms with Gasteiger partial charge in [-0.05, 0) is 31.5 Å². The third-order valence-corrected chi connectivity index (χ3v) is 2.21. The Morgan fingerprint density at radius 3 is 2.36 bits per heavy atom. The molecule has 0 fully saturated rings. The predicted molar refractivity (Wildman–Crippen MR) is 58.7 cm³/mol. The molecule has 0 saturated carbocycles. The van der Waals surface area contributed by atoms with E-state index in [1.807, 2.05) is 39.0 Å². The average Bonchev–Trinajstić information content (AvgIpc) is 2.14. The maximum absolute atomic E-state index is 9.78. The van der Waals surface area contributed by atoms with Crippen molar-refractivity contribution < 1.29 is 5.21 Å². The maximum atomic E-state index is 9.78. The summed E-state index contributed by atoms with van der Waals surface area (Å²) in [5, 5.41) is 14.1. The molecule has 0 bridgehead atoms. The van der Waals surface area contributed by atoms with Crippen LogP contribution in [-0.2, 0) is 0 Å². The summed E-state index contributed by atoms with van der Waals surface area (Å²) in [4.78, 5) is 0. The van der Waals surface area contributed by atoms with Gasteiger partial charge in [0, 0.05) is 0 Å². The van der Waals surface area contributed by atoms with Crippen LogP contribution in [-0.4, -0.2) is 18.4 Å². The zero-order chi connectivity index (χ0) is 10.6. The summed E-state index contributed by atoms with van der Waals surface area (Å²) in [6, 6.07) is 5.99. The van der Waals surface area contributed by atoms with Crippen LogP contribution in [0.3, 0.4) is 0 Å². The number of anilines is 1. The summed E-state index contributed by atoms with van der Waals surface area (Å²) in [6.07, 6.45) is 0. The summed E-state index contributed by atoms with van der Waals surface area (Å²) in [5.41, 5.74) is 3.07. The van der Waals surface area contributed by atoms with E-state index in [0.717, 1.165) is 23.4 Å². The molecular formula is C11H18N2O. The fourth-order valence-electron chi connectivity index (χ4n) is 1.51.